The van der Waals surface area contributed by atoms with E-state index in [4.69, 9.17) is 14.2 Å². The molecule has 0 saturated carbocycles. The molecule has 1 aliphatic heterocycles. The molecule has 1 aromatic heterocycles. The van der Waals surface area contributed by atoms with Gasteiger partial charge < -0.3 is 19.3 Å². The van der Waals surface area contributed by atoms with Gasteiger partial charge in [0.15, 0.2) is 15.8 Å². The fraction of sp³-hybridized carbons (Fsp3) is 0.171. The third-order valence-electron chi connectivity index (χ3n) is 8.54. The molecule has 5 aromatic carbocycles. The molecular weight excluding hydrogens is 695 g/mol. The van der Waals surface area contributed by atoms with E-state index in [0.717, 1.165) is 21.9 Å². The smallest absolute Gasteiger partial charge is 0.301 e. The minimum Gasteiger partial charge on any atom is -0.507 e. The molecule has 52 heavy (non-hydrogen) atoms. The van der Waals surface area contributed by atoms with Gasteiger partial charge in [-0.25, -0.2) is 0 Å². The Balaban J connectivity index is 1.26. The molecule has 1 aliphatic rings. The number of Topliss-reactive ketones (excluding diaryl/α,β-unsaturated/α-hetero) is 1. The van der Waals surface area contributed by atoms with Gasteiger partial charge in [0, 0.05) is 11.3 Å². The number of anilines is 1. The van der Waals surface area contributed by atoms with E-state index in [1.54, 1.807) is 42.5 Å². The molecule has 11 heteroatoms. The number of carbonyl (C=O) groups is 2. The number of benzene rings is 5. The van der Waals surface area contributed by atoms with Gasteiger partial charge in [-0.3, -0.25) is 14.5 Å². The first-order valence-corrected chi connectivity index (χ1v) is 18.7. The molecule has 1 unspecified atom stereocenters. The number of ether oxygens (including phenoxy) is 3. The number of ketones is 1. The van der Waals surface area contributed by atoms with Gasteiger partial charge in [-0.1, -0.05) is 102 Å². The van der Waals surface area contributed by atoms with Crippen LogP contribution >= 0.6 is 23.1 Å². The summed E-state index contributed by atoms with van der Waals surface area (Å²) in [6.45, 7) is 4.90. The zero-order valence-electron chi connectivity index (χ0n) is 28.5. The normalized spacial score (nSPS) is 15.3. The van der Waals surface area contributed by atoms with Gasteiger partial charge in [0.2, 0.25) is 5.13 Å². The standard InChI is InChI=1S/C41H35N3O6S2/c1-3-48-31-20-17-28(18-21-31)37(45)35-36(29-19-22-33(34(23-29)49-4-2)50-24-26-11-6-5-7-12-26)44(39(47)38(35)46)40-42-43-41(52-40)51-25-30-15-10-14-27-13-8-9-16-32(27)30/h5-23,36,45H,3-4,24-25H2,1-2H3/b37-35+. The van der Waals surface area contributed by atoms with E-state index in [1.807, 2.05) is 62.4 Å². The topological polar surface area (TPSA) is 111 Å². The molecule has 0 radical (unpaired) electrons. The summed E-state index contributed by atoms with van der Waals surface area (Å²) in [7, 11) is 0. The highest BCUT2D eigenvalue weighted by Crippen LogP contribution is 2.46. The fourth-order valence-corrected chi connectivity index (χ4v) is 7.98. The van der Waals surface area contributed by atoms with Gasteiger partial charge in [-0.2, -0.15) is 0 Å². The maximum Gasteiger partial charge on any atom is 0.301 e. The highest BCUT2D eigenvalue weighted by atomic mass is 32.2. The zero-order chi connectivity index (χ0) is 36.0. The van der Waals surface area contributed by atoms with Crippen molar-refractivity contribution < 1.29 is 28.9 Å². The number of thioether (sulfide) groups is 1. The van der Waals surface area contributed by atoms with E-state index in [0.29, 0.717) is 58.3 Å². The lowest BCUT2D eigenvalue weighted by molar-refractivity contribution is -0.132. The van der Waals surface area contributed by atoms with E-state index in [9.17, 15) is 14.7 Å². The summed E-state index contributed by atoms with van der Waals surface area (Å²) in [5, 5.41) is 23.1. The van der Waals surface area contributed by atoms with E-state index < -0.39 is 17.7 Å². The maximum atomic E-state index is 13.9. The molecule has 0 bridgehead atoms. The second-order valence-electron chi connectivity index (χ2n) is 11.8. The highest BCUT2D eigenvalue weighted by Gasteiger charge is 2.48. The lowest BCUT2D eigenvalue weighted by Gasteiger charge is -2.23. The fourth-order valence-electron chi connectivity index (χ4n) is 6.11. The summed E-state index contributed by atoms with van der Waals surface area (Å²) in [5.74, 6) is 0.225. The van der Waals surface area contributed by atoms with Crippen LogP contribution in [0.15, 0.2) is 125 Å². The Hall–Kier alpha value is -5.65. The minimum absolute atomic E-state index is 0.0743. The number of fused-ring (bicyclic) bond motifs is 1. The molecule has 7 rings (SSSR count). The molecule has 0 aliphatic carbocycles. The van der Waals surface area contributed by atoms with Crippen molar-refractivity contribution >= 4 is 56.5 Å². The van der Waals surface area contributed by atoms with Crippen LogP contribution in [-0.2, 0) is 21.9 Å². The molecule has 262 valence electrons. The Morgan fingerprint density at radius 3 is 2.35 bits per heavy atom. The average molecular weight is 730 g/mol. The lowest BCUT2D eigenvalue weighted by atomic mass is 9.95. The van der Waals surface area contributed by atoms with Crippen LogP contribution in [0.2, 0.25) is 0 Å². The van der Waals surface area contributed by atoms with Gasteiger partial charge in [-0.05, 0) is 77.7 Å². The molecule has 2 heterocycles. The summed E-state index contributed by atoms with van der Waals surface area (Å²) in [5.41, 5.74) is 2.96. The van der Waals surface area contributed by atoms with Crippen molar-refractivity contribution in [3.8, 4) is 17.2 Å². The Morgan fingerprint density at radius 1 is 0.808 bits per heavy atom. The lowest BCUT2D eigenvalue weighted by Crippen LogP contribution is -2.29. The second-order valence-corrected chi connectivity index (χ2v) is 14.0. The van der Waals surface area contributed by atoms with Crippen molar-refractivity contribution in [3.05, 3.63) is 143 Å². The molecule has 0 spiro atoms. The number of aliphatic hydroxyl groups is 1. The first kappa shape index (κ1) is 34.8. The van der Waals surface area contributed by atoms with Crippen LogP contribution in [0.4, 0.5) is 5.13 Å². The first-order valence-electron chi connectivity index (χ1n) is 16.9. The van der Waals surface area contributed by atoms with Crippen LogP contribution < -0.4 is 19.1 Å². The van der Waals surface area contributed by atoms with Crippen molar-refractivity contribution in [2.45, 2.75) is 36.6 Å². The number of amides is 1. The summed E-state index contributed by atoms with van der Waals surface area (Å²) < 4.78 is 18.4. The van der Waals surface area contributed by atoms with E-state index >= 15 is 0 Å². The molecule has 1 amide bonds. The van der Waals surface area contributed by atoms with Gasteiger partial charge in [0.05, 0.1) is 24.8 Å². The van der Waals surface area contributed by atoms with Gasteiger partial charge >= 0.3 is 5.91 Å². The average Bonchev–Trinajstić information content (AvgIpc) is 3.75. The SMILES string of the molecule is CCOc1ccc(/C(O)=C2\C(=O)C(=O)N(c3nnc(SCc4cccc5ccccc45)s3)C2c2ccc(OCc3ccccc3)c(OCC)c2)cc1. The largest absolute Gasteiger partial charge is 0.507 e. The Labute approximate surface area is 309 Å². The number of carbonyl (C=O) groups excluding carboxylic acids is 2. The van der Waals surface area contributed by atoms with Crippen LogP contribution in [0.5, 0.6) is 17.2 Å². The van der Waals surface area contributed by atoms with Crippen LogP contribution in [0.1, 0.15) is 42.1 Å². The zero-order valence-corrected chi connectivity index (χ0v) is 30.2. The monoisotopic (exact) mass is 729 g/mol. The Kier molecular flexibility index (Phi) is 10.5. The van der Waals surface area contributed by atoms with Crippen LogP contribution in [0, 0.1) is 0 Å². The van der Waals surface area contributed by atoms with E-state index in [2.05, 4.69) is 34.5 Å². The van der Waals surface area contributed by atoms with Crippen LogP contribution in [0.25, 0.3) is 16.5 Å². The number of hydrogen-bond donors (Lipinski definition) is 1. The first-order chi connectivity index (χ1) is 25.4. The summed E-state index contributed by atoms with van der Waals surface area (Å²) >= 11 is 2.72. The van der Waals surface area contributed by atoms with Crippen LogP contribution in [0.3, 0.4) is 0 Å². The third kappa shape index (κ3) is 7.23. The van der Waals surface area contributed by atoms with E-state index in [-0.39, 0.29) is 16.5 Å². The van der Waals surface area contributed by atoms with Crippen molar-refractivity contribution in [1.82, 2.24) is 10.2 Å². The predicted octanol–water partition coefficient (Wildman–Crippen LogP) is 8.99. The number of nitrogens with zero attached hydrogens (tertiary/aromatic N) is 3. The summed E-state index contributed by atoms with van der Waals surface area (Å²) in [6.07, 6.45) is 0. The Morgan fingerprint density at radius 2 is 1.56 bits per heavy atom. The minimum atomic E-state index is -1.03. The number of rotatable bonds is 13. The molecule has 1 fully saturated rings. The van der Waals surface area contributed by atoms with Gasteiger partial charge in [-0.15, -0.1) is 10.2 Å². The predicted molar refractivity (Wildman–Crippen MR) is 204 cm³/mol. The quantitative estimate of drug-likeness (QED) is 0.0409. The van der Waals surface area contributed by atoms with E-state index in [1.165, 1.54) is 28.0 Å². The number of aromatic nitrogens is 2. The Bertz CT molecular complexity index is 2250. The van der Waals surface area contributed by atoms with Crippen molar-refractivity contribution in [3.63, 3.8) is 0 Å². The summed E-state index contributed by atoms with van der Waals surface area (Å²) in [4.78, 5) is 29.1. The molecule has 1 N–H and O–H groups in total. The van der Waals surface area contributed by atoms with Crippen molar-refractivity contribution in [1.29, 1.82) is 0 Å². The molecule has 9 nitrogen and oxygen atoms in total. The second kappa shape index (κ2) is 15.7. The number of hydrogen-bond acceptors (Lipinski definition) is 10. The maximum absolute atomic E-state index is 13.9. The molecule has 1 atom stereocenters. The molecule has 1 saturated heterocycles. The highest BCUT2D eigenvalue weighted by molar-refractivity contribution is 8.00. The third-order valence-corrected chi connectivity index (χ3v) is 10.6. The van der Waals surface area contributed by atoms with Crippen molar-refractivity contribution in [2.24, 2.45) is 0 Å². The number of aliphatic hydroxyl groups excluding tert-OH is 1. The molecule has 6 aromatic rings. The van der Waals surface area contributed by atoms with Gasteiger partial charge in [0.1, 0.15) is 18.1 Å². The summed E-state index contributed by atoms with van der Waals surface area (Å²) in [6, 6.07) is 35.1. The van der Waals surface area contributed by atoms with Crippen LogP contribution in [-0.4, -0.2) is 40.2 Å². The van der Waals surface area contributed by atoms with Gasteiger partial charge in [0.25, 0.3) is 5.78 Å². The molecular formula is C41H35N3O6S2. The van der Waals surface area contributed by atoms with Crippen molar-refractivity contribution in [2.75, 3.05) is 18.1 Å².